The molecule has 1 aromatic carbocycles. The van der Waals surface area contributed by atoms with Crippen molar-refractivity contribution < 1.29 is 4.74 Å². The molecule has 0 unspecified atom stereocenters. The quantitative estimate of drug-likeness (QED) is 0.516. The Bertz CT molecular complexity index is 847. The van der Waals surface area contributed by atoms with Crippen molar-refractivity contribution in [3.63, 3.8) is 0 Å². The van der Waals surface area contributed by atoms with Crippen LogP contribution in [0.25, 0.3) is 11.3 Å². The zero-order valence-corrected chi connectivity index (χ0v) is 20.1. The van der Waals surface area contributed by atoms with Crippen LogP contribution in [-0.4, -0.2) is 29.1 Å². The highest BCUT2D eigenvalue weighted by molar-refractivity contribution is 5.70. The maximum Gasteiger partial charge on any atom is 0.128 e. The third-order valence-corrected chi connectivity index (χ3v) is 6.27. The number of piperidine rings is 1. The number of benzene rings is 1. The molecular formula is C27H40N2O. The van der Waals surface area contributed by atoms with Crippen LogP contribution in [0.1, 0.15) is 76.8 Å². The normalized spacial score (nSPS) is 16.8. The van der Waals surface area contributed by atoms with Gasteiger partial charge in [-0.05, 0) is 69.5 Å². The second-order valence-electron chi connectivity index (χ2n) is 9.87. The van der Waals surface area contributed by atoms with E-state index in [0.717, 1.165) is 49.6 Å². The molecule has 0 radical (unpaired) electrons. The van der Waals surface area contributed by atoms with Gasteiger partial charge in [0.05, 0.1) is 11.8 Å². The van der Waals surface area contributed by atoms with Crippen molar-refractivity contribution in [2.75, 3.05) is 13.1 Å². The number of hydrogen-bond donors (Lipinski definition) is 0. The van der Waals surface area contributed by atoms with Gasteiger partial charge < -0.3 is 4.74 Å². The second kappa shape index (κ2) is 9.51. The van der Waals surface area contributed by atoms with Crippen LogP contribution in [0, 0.1) is 12.3 Å². The van der Waals surface area contributed by atoms with Crippen molar-refractivity contribution in [3.8, 4) is 17.0 Å². The van der Waals surface area contributed by atoms with Gasteiger partial charge in [0.1, 0.15) is 5.75 Å². The number of rotatable bonds is 7. The minimum absolute atomic E-state index is 0.142. The smallest absolute Gasteiger partial charge is 0.128 e. The third-order valence-electron chi connectivity index (χ3n) is 6.27. The molecule has 1 fully saturated rings. The summed E-state index contributed by atoms with van der Waals surface area (Å²) < 4.78 is 6.36. The lowest BCUT2D eigenvalue weighted by atomic mass is 9.84. The molecule has 0 amide bonds. The molecule has 0 atom stereocenters. The fourth-order valence-electron chi connectivity index (χ4n) is 4.82. The first-order valence-corrected chi connectivity index (χ1v) is 11.7. The van der Waals surface area contributed by atoms with Crippen LogP contribution < -0.4 is 4.74 Å². The summed E-state index contributed by atoms with van der Waals surface area (Å²) in [4.78, 5) is 7.70. The van der Waals surface area contributed by atoms with Crippen LogP contribution in [0.15, 0.2) is 24.3 Å². The number of aromatic nitrogens is 1. The number of pyridine rings is 1. The fourth-order valence-corrected chi connectivity index (χ4v) is 4.82. The molecule has 30 heavy (non-hydrogen) atoms. The first-order valence-electron chi connectivity index (χ1n) is 11.7. The molecule has 1 aliphatic rings. The molecule has 0 aliphatic carbocycles. The highest BCUT2D eigenvalue weighted by atomic mass is 16.5. The topological polar surface area (TPSA) is 25.4 Å². The van der Waals surface area contributed by atoms with Crippen LogP contribution in [0.2, 0.25) is 0 Å². The monoisotopic (exact) mass is 408 g/mol. The minimum Gasteiger partial charge on any atom is -0.491 e. The predicted molar refractivity (Wildman–Crippen MR) is 127 cm³/mol. The Morgan fingerprint density at radius 3 is 2.37 bits per heavy atom. The van der Waals surface area contributed by atoms with Gasteiger partial charge in [0.25, 0.3) is 0 Å². The Hall–Kier alpha value is -1.87. The highest BCUT2D eigenvalue weighted by Crippen LogP contribution is 2.35. The summed E-state index contributed by atoms with van der Waals surface area (Å²) in [6.45, 7) is 18.8. The van der Waals surface area contributed by atoms with Gasteiger partial charge in [0.15, 0.2) is 0 Å². The zero-order valence-electron chi connectivity index (χ0n) is 20.1. The molecule has 0 N–H and O–H groups in total. The molecule has 1 aliphatic heterocycles. The van der Waals surface area contributed by atoms with Gasteiger partial charge in [-0.3, -0.25) is 9.88 Å². The number of hydrogen-bond acceptors (Lipinski definition) is 3. The summed E-state index contributed by atoms with van der Waals surface area (Å²) in [5.74, 6) is 1.00. The summed E-state index contributed by atoms with van der Waals surface area (Å²) in [7, 11) is 0. The summed E-state index contributed by atoms with van der Waals surface area (Å²) >= 11 is 0. The van der Waals surface area contributed by atoms with Crippen LogP contribution in [0.3, 0.4) is 0 Å². The minimum atomic E-state index is 0.142. The maximum atomic E-state index is 6.36. The van der Waals surface area contributed by atoms with Gasteiger partial charge in [-0.25, -0.2) is 0 Å². The van der Waals surface area contributed by atoms with E-state index in [2.05, 4.69) is 77.6 Å². The van der Waals surface area contributed by atoms with E-state index < -0.39 is 0 Å². The lowest BCUT2D eigenvalue weighted by molar-refractivity contribution is 0.109. The third kappa shape index (κ3) is 5.24. The van der Waals surface area contributed by atoms with Crippen molar-refractivity contribution in [1.82, 2.24) is 9.88 Å². The molecule has 0 spiro atoms. The Morgan fingerprint density at radius 1 is 1.13 bits per heavy atom. The van der Waals surface area contributed by atoms with Crippen molar-refractivity contribution >= 4 is 0 Å². The maximum absolute atomic E-state index is 6.36. The van der Waals surface area contributed by atoms with Crippen LogP contribution in [0.4, 0.5) is 0 Å². The molecule has 3 nitrogen and oxygen atoms in total. The standard InChI is InChI=1S/C27H40N2O/c1-8-21-12-10-13-22(9-2)26(21)24-16-25(30-19(3)4)23(20(5)28-24)17-29-15-11-14-27(6,7)18-29/h10,12-13,16,19H,8-9,11,14-15,17-18H2,1-7H3. The Kier molecular flexibility index (Phi) is 7.23. The van der Waals surface area contributed by atoms with Crippen LogP contribution in [0.5, 0.6) is 5.75 Å². The molecule has 0 bridgehead atoms. The second-order valence-corrected chi connectivity index (χ2v) is 9.87. The molecule has 2 heterocycles. The Morgan fingerprint density at radius 2 is 1.80 bits per heavy atom. The average molecular weight is 409 g/mol. The lowest BCUT2D eigenvalue weighted by Crippen LogP contribution is -2.39. The Balaban J connectivity index is 2.05. The number of ether oxygens (including phenoxy) is 1. The van der Waals surface area contributed by atoms with Crippen LogP contribution >= 0.6 is 0 Å². The number of nitrogens with zero attached hydrogens (tertiary/aromatic N) is 2. The van der Waals surface area contributed by atoms with E-state index in [0.29, 0.717) is 5.41 Å². The fraction of sp³-hybridized carbons (Fsp3) is 0.593. The molecule has 1 saturated heterocycles. The molecule has 2 aromatic rings. The van der Waals surface area contributed by atoms with E-state index in [1.165, 1.54) is 35.1 Å². The van der Waals surface area contributed by atoms with E-state index in [1.807, 2.05) is 0 Å². The summed E-state index contributed by atoms with van der Waals surface area (Å²) in [5, 5.41) is 0. The molecular weight excluding hydrogens is 368 g/mol. The molecule has 164 valence electrons. The average Bonchev–Trinajstić information content (AvgIpc) is 2.68. The van der Waals surface area contributed by atoms with Gasteiger partial charge in [-0.1, -0.05) is 45.9 Å². The first-order chi connectivity index (χ1) is 14.2. The predicted octanol–water partition coefficient (Wildman–Crippen LogP) is 6.59. The lowest BCUT2D eigenvalue weighted by Gasteiger charge is -2.38. The van der Waals surface area contributed by atoms with Gasteiger partial charge in [-0.15, -0.1) is 0 Å². The summed E-state index contributed by atoms with van der Waals surface area (Å²) in [6, 6.07) is 8.84. The van der Waals surface area contributed by atoms with E-state index in [1.54, 1.807) is 0 Å². The van der Waals surface area contributed by atoms with Crippen LogP contribution in [-0.2, 0) is 19.4 Å². The van der Waals surface area contributed by atoms with Gasteiger partial charge in [-0.2, -0.15) is 0 Å². The van der Waals surface area contributed by atoms with Gasteiger partial charge >= 0.3 is 0 Å². The molecule has 3 heteroatoms. The van der Waals surface area contributed by atoms with E-state index in [4.69, 9.17) is 9.72 Å². The molecule has 1 aromatic heterocycles. The van der Waals surface area contributed by atoms with Gasteiger partial charge in [0, 0.05) is 36.0 Å². The molecule has 3 rings (SSSR count). The van der Waals surface area contributed by atoms with Crippen molar-refractivity contribution in [3.05, 3.63) is 46.6 Å². The van der Waals surface area contributed by atoms with E-state index in [9.17, 15) is 0 Å². The van der Waals surface area contributed by atoms with Crippen molar-refractivity contribution in [2.24, 2.45) is 5.41 Å². The van der Waals surface area contributed by atoms with Gasteiger partial charge in [0.2, 0.25) is 0 Å². The Labute approximate surface area is 183 Å². The largest absolute Gasteiger partial charge is 0.491 e. The summed E-state index contributed by atoms with van der Waals surface area (Å²) in [5.41, 5.74) is 7.81. The highest BCUT2D eigenvalue weighted by Gasteiger charge is 2.28. The van der Waals surface area contributed by atoms with E-state index >= 15 is 0 Å². The zero-order chi connectivity index (χ0) is 21.9. The number of aryl methyl sites for hydroxylation is 3. The molecule has 0 saturated carbocycles. The SMILES string of the molecule is CCc1cccc(CC)c1-c1cc(OC(C)C)c(CN2CCCC(C)(C)C2)c(C)n1. The van der Waals surface area contributed by atoms with Crippen molar-refractivity contribution in [2.45, 2.75) is 86.8 Å². The van der Waals surface area contributed by atoms with E-state index in [-0.39, 0.29) is 6.10 Å². The van der Waals surface area contributed by atoms with Crippen molar-refractivity contribution in [1.29, 1.82) is 0 Å². The number of likely N-dealkylation sites (tertiary alicyclic amines) is 1. The first kappa shape index (κ1) is 22.8. The summed E-state index contributed by atoms with van der Waals surface area (Å²) in [6.07, 6.45) is 4.73.